The van der Waals surface area contributed by atoms with E-state index < -0.39 is 0 Å². The summed E-state index contributed by atoms with van der Waals surface area (Å²) in [7, 11) is 1.36. The molecule has 0 aliphatic heterocycles. The van der Waals surface area contributed by atoms with Crippen molar-refractivity contribution in [2.45, 2.75) is 13.5 Å². The molecule has 0 heterocycles. The highest BCUT2D eigenvalue weighted by Crippen LogP contribution is 2.20. The van der Waals surface area contributed by atoms with Crippen molar-refractivity contribution >= 4 is 11.7 Å². The summed E-state index contributed by atoms with van der Waals surface area (Å²) in [6.07, 6.45) is 0. The summed E-state index contributed by atoms with van der Waals surface area (Å²) in [5.74, 6) is -0.624. The van der Waals surface area contributed by atoms with Gasteiger partial charge in [0.05, 0.1) is 12.7 Å². The summed E-state index contributed by atoms with van der Waals surface area (Å²) in [5.41, 5.74) is 3.01. The first-order chi connectivity index (χ1) is 9.61. The van der Waals surface area contributed by atoms with Crippen LogP contribution in [0, 0.1) is 12.7 Å². The number of hydrogen-bond acceptors (Lipinski definition) is 3. The molecule has 0 aliphatic rings. The minimum Gasteiger partial charge on any atom is -0.465 e. The van der Waals surface area contributed by atoms with Gasteiger partial charge in [-0.05, 0) is 42.3 Å². The zero-order valence-electron chi connectivity index (χ0n) is 11.4. The van der Waals surface area contributed by atoms with Gasteiger partial charge in [-0.3, -0.25) is 0 Å². The number of methoxy groups -OCH3 is 1. The average molecular weight is 273 g/mol. The smallest absolute Gasteiger partial charge is 0.338 e. The number of carbonyl (C=O) groups is 1. The van der Waals surface area contributed by atoms with E-state index in [0.717, 1.165) is 16.8 Å². The van der Waals surface area contributed by atoms with E-state index in [1.165, 1.54) is 19.2 Å². The van der Waals surface area contributed by atoms with E-state index in [2.05, 4.69) is 5.32 Å². The molecule has 2 aromatic rings. The predicted octanol–water partition coefficient (Wildman–Crippen LogP) is 3.53. The normalized spacial score (nSPS) is 10.2. The number of carbonyl (C=O) groups excluding carboxylic acids is 1. The molecule has 0 atom stereocenters. The Kier molecular flexibility index (Phi) is 4.35. The second-order valence-electron chi connectivity index (χ2n) is 4.45. The SMILES string of the molecule is COC(=O)c1cccc(NCc2cccc(F)c2)c1C. The molecule has 0 bridgehead atoms. The summed E-state index contributed by atoms with van der Waals surface area (Å²) in [6.45, 7) is 2.34. The average Bonchev–Trinajstić information content (AvgIpc) is 2.45. The Morgan fingerprint density at radius 3 is 2.70 bits per heavy atom. The molecule has 4 heteroatoms. The van der Waals surface area contributed by atoms with E-state index >= 15 is 0 Å². The molecule has 0 amide bonds. The number of nitrogens with one attached hydrogen (secondary N) is 1. The number of halogens is 1. The van der Waals surface area contributed by atoms with Gasteiger partial charge in [-0.1, -0.05) is 18.2 Å². The number of esters is 1. The van der Waals surface area contributed by atoms with Crippen molar-refractivity contribution in [2.24, 2.45) is 0 Å². The molecule has 0 saturated heterocycles. The topological polar surface area (TPSA) is 38.3 Å². The molecule has 20 heavy (non-hydrogen) atoms. The third-order valence-corrected chi connectivity index (χ3v) is 3.11. The van der Waals surface area contributed by atoms with Gasteiger partial charge in [-0.2, -0.15) is 0 Å². The molecule has 0 aliphatic carbocycles. The van der Waals surface area contributed by atoms with Crippen LogP contribution in [0.3, 0.4) is 0 Å². The van der Waals surface area contributed by atoms with Gasteiger partial charge in [-0.15, -0.1) is 0 Å². The number of rotatable bonds is 4. The zero-order chi connectivity index (χ0) is 14.5. The predicted molar refractivity (Wildman–Crippen MR) is 76.2 cm³/mol. The molecule has 3 nitrogen and oxygen atoms in total. The molecule has 2 rings (SSSR count). The van der Waals surface area contributed by atoms with Gasteiger partial charge in [0.15, 0.2) is 0 Å². The number of benzene rings is 2. The zero-order valence-corrected chi connectivity index (χ0v) is 11.4. The van der Waals surface area contributed by atoms with Crippen LogP contribution in [0.15, 0.2) is 42.5 Å². The van der Waals surface area contributed by atoms with Crippen LogP contribution in [0.4, 0.5) is 10.1 Å². The van der Waals surface area contributed by atoms with Gasteiger partial charge in [0, 0.05) is 12.2 Å². The van der Waals surface area contributed by atoms with Gasteiger partial charge in [0.2, 0.25) is 0 Å². The maximum atomic E-state index is 13.1. The second-order valence-corrected chi connectivity index (χ2v) is 4.45. The lowest BCUT2D eigenvalue weighted by Crippen LogP contribution is -2.07. The van der Waals surface area contributed by atoms with Crippen molar-refractivity contribution in [2.75, 3.05) is 12.4 Å². The first-order valence-corrected chi connectivity index (χ1v) is 6.28. The van der Waals surface area contributed by atoms with Crippen LogP contribution in [-0.4, -0.2) is 13.1 Å². The first kappa shape index (κ1) is 14.1. The quantitative estimate of drug-likeness (QED) is 0.866. The molecule has 104 valence electrons. The molecule has 0 radical (unpaired) electrons. The third-order valence-electron chi connectivity index (χ3n) is 3.11. The molecular weight excluding hydrogens is 257 g/mol. The monoisotopic (exact) mass is 273 g/mol. The van der Waals surface area contributed by atoms with Gasteiger partial charge in [-0.25, -0.2) is 9.18 Å². The second kappa shape index (κ2) is 6.19. The summed E-state index contributed by atoms with van der Waals surface area (Å²) in [5, 5.41) is 3.20. The van der Waals surface area contributed by atoms with E-state index in [4.69, 9.17) is 4.74 Å². The van der Waals surface area contributed by atoms with Gasteiger partial charge < -0.3 is 10.1 Å². The summed E-state index contributed by atoms with van der Waals surface area (Å²) in [4.78, 5) is 11.6. The Morgan fingerprint density at radius 2 is 2.00 bits per heavy atom. The van der Waals surface area contributed by atoms with Gasteiger partial charge in [0.25, 0.3) is 0 Å². The summed E-state index contributed by atoms with van der Waals surface area (Å²) in [6, 6.07) is 11.8. The van der Waals surface area contributed by atoms with Crippen molar-refractivity contribution in [3.63, 3.8) is 0 Å². The lowest BCUT2D eigenvalue weighted by atomic mass is 10.1. The van der Waals surface area contributed by atoms with E-state index in [1.807, 2.05) is 19.1 Å². The fraction of sp³-hybridized carbons (Fsp3) is 0.188. The fourth-order valence-electron chi connectivity index (χ4n) is 2.00. The first-order valence-electron chi connectivity index (χ1n) is 6.28. The molecule has 2 aromatic carbocycles. The number of anilines is 1. The fourth-order valence-corrected chi connectivity index (χ4v) is 2.00. The van der Waals surface area contributed by atoms with Gasteiger partial charge in [0.1, 0.15) is 5.82 Å². The Labute approximate surface area is 117 Å². The standard InChI is InChI=1S/C16H16FNO2/c1-11-14(16(19)20-2)7-4-8-15(11)18-10-12-5-3-6-13(17)9-12/h3-9,18H,10H2,1-2H3. The maximum absolute atomic E-state index is 13.1. The van der Waals surface area contributed by atoms with Crippen LogP contribution >= 0.6 is 0 Å². The Bertz CT molecular complexity index is 626. The van der Waals surface area contributed by atoms with Crippen molar-refractivity contribution in [3.05, 3.63) is 65.0 Å². The van der Waals surface area contributed by atoms with E-state index in [9.17, 15) is 9.18 Å². The Morgan fingerprint density at radius 1 is 1.25 bits per heavy atom. The number of hydrogen-bond donors (Lipinski definition) is 1. The van der Waals surface area contributed by atoms with E-state index in [1.54, 1.807) is 18.2 Å². The maximum Gasteiger partial charge on any atom is 0.338 e. The van der Waals surface area contributed by atoms with E-state index in [0.29, 0.717) is 12.1 Å². The molecule has 0 unspecified atom stereocenters. The van der Waals surface area contributed by atoms with Crippen LogP contribution in [0.2, 0.25) is 0 Å². The van der Waals surface area contributed by atoms with Crippen LogP contribution in [0.5, 0.6) is 0 Å². The lowest BCUT2D eigenvalue weighted by Gasteiger charge is -2.12. The van der Waals surface area contributed by atoms with Gasteiger partial charge >= 0.3 is 5.97 Å². The van der Waals surface area contributed by atoms with Crippen molar-refractivity contribution in [1.82, 2.24) is 0 Å². The molecule has 0 aromatic heterocycles. The van der Waals surface area contributed by atoms with Crippen molar-refractivity contribution in [1.29, 1.82) is 0 Å². The molecule has 0 saturated carbocycles. The summed E-state index contributed by atoms with van der Waals surface area (Å²) < 4.78 is 17.8. The highest BCUT2D eigenvalue weighted by atomic mass is 19.1. The molecule has 1 N–H and O–H groups in total. The van der Waals surface area contributed by atoms with E-state index in [-0.39, 0.29) is 11.8 Å². The van der Waals surface area contributed by atoms with Crippen LogP contribution < -0.4 is 5.32 Å². The Hall–Kier alpha value is -2.36. The van der Waals surface area contributed by atoms with Crippen LogP contribution in [0.1, 0.15) is 21.5 Å². The Balaban J connectivity index is 2.16. The third kappa shape index (κ3) is 3.15. The molecule has 0 fully saturated rings. The highest BCUT2D eigenvalue weighted by molar-refractivity contribution is 5.92. The summed E-state index contributed by atoms with van der Waals surface area (Å²) >= 11 is 0. The highest BCUT2D eigenvalue weighted by Gasteiger charge is 2.11. The van der Waals surface area contributed by atoms with Crippen LogP contribution in [0.25, 0.3) is 0 Å². The largest absolute Gasteiger partial charge is 0.465 e. The number of ether oxygens (including phenoxy) is 1. The molecule has 0 spiro atoms. The minimum absolute atomic E-state index is 0.260. The van der Waals surface area contributed by atoms with Crippen molar-refractivity contribution in [3.8, 4) is 0 Å². The van der Waals surface area contributed by atoms with Crippen LogP contribution in [-0.2, 0) is 11.3 Å². The lowest BCUT2D eigenvalue weighted by molar-refractivity contribution is 0.0600. The molecular formula is C16H16FNO2. The minimum atomic E-state index is -0.364. The van der Waals surface area contributed by atoms with Crippen molar-refractivity contribution < 1.29 is 13.9 Å².